The van der Waals surface area contributed by atoms with Gasteiger partial charge in [-0.25, -0.2) is 0 Å². The summed E-state index contributed by atoms with van der Waals surface area (Å²) in [6.07, 6.45) is 1.18. The summed E-state index contributed by atoms with van der Waals surface area (Å²) in [5.41, 5.74) is 3.65. The molecule has 0 bridgehead atoms. The summed E-state index contributed by atoms with van der Waals surface area (Å²) >= 11 is 1.95. The Kier molecular flexibility index (Phi) is 4.41. The topological polar surface area (TPSA) is 32.3 Å². The molecule has 1 aliphatic heterocycles. The first-order valence-electron chi connectivity index (χ1n) is 7.00. The van der Waals surface area contributed by atoms with Crippen LogP contribution < -0.4 is 5.32 Å². The lowest BCUT2D eigenvalue weighted by Gasteiger charge is -2.26. The van der Waals surface area contributed by atoms with Gasteiger partial charge in [-0.2, -0.15) is 0 Å². The predicted molar refractivity (Wildman–Crippen MR) is 83.7 cm³/mol. The molecule has 104 valence electrons. The summed E-state index contributed by atoms with van der Waals surface area (Å²) in [5, 5.41) is 12.7. The molecule has 0 aromatic heterocycles. The molecule has 2 nitrogen and oxygen atoms in total. The van der Waals surface area contributed by atoms with Gasteiger partial charge in [0, 0.05) is 17.5 Å². The van der Waals surface area contributed by atoms with Gasteiger partial charge in [0.25, 0.3) is 0 Å². The van der Waals surface area contributed by atoms with Gasteiger partial charge in [0.2, 0.25) is 0 Å². The molecule has 2 aromatic rings. The number of rotatable bonds is 4. The van der Waals surface area contributed by atoms with E-state index in [4.69, 9.17) is 5.11 Å². The second-order valence-electron chi connectivity index (χ2n) is 5.08. The standard InChI is InChI=1S/C17H19NOS/c19-12-14-7-5-13(6-8-14)11-18-16-9-10-20-17-4-2-1-3-15(16)17/h1-8,16,18-19H,9-12H2. The zero-order valence-corrected chi connectivity index (χ0v) is 12.2. The van der Waals surface area contributed by atoms with E-state index in [0.717, 1.165) is 12.1 Å². The lowest BCUT2D eigenvalue weighted by Crippen LogP contribution is -2.24. The van der Waals surface area contributed by atoms with Crippen molar-refractivity contribution in [2.24, 2.45) is 0 Å². The lowest BCUT2D eigenvalue weighted by molar-refractivity contribution is 0.282. The Hall–Kier alpha value is -1.29. The molecule has 0 fully saturated rings. The van der Waals surface area contributed by atoms with Crippen LogP contribution in [0.2, 0.25) is 0 Å². The highest BCUT2D eigenvalue weighted by Gasteiger charge is 2.19. The molecule has 0 saturated carbocycles. The Morgan fingerprint density at radius 1 is 1.05 bits per heavy atom. The zero-order chi connectivity index (χ0) is 13.8. The molecule has 3 heteroatoms. The van der Waals surface area contributed by atoms with E-state index in [9.17, 15) is 0 Å². The quantitative estimate of drug-likeness (QED) is 0.901. The minimum absolute atomic E-state index is 0.112. The minimum Gasteiger partial charge on any atom is -0.392 e. The van der Waals surface area contributed by atoms with Crippen LogP contribution in [0.1, 0.15) is 29.2 Å². The van der Waals surface area contributed by atoms with Crippen molar-refractivity contribution in [2.75, 3.05) is 5.75 Å². The predicted octanol–water partition coefficient (Wildman–Crippen LogP) is 3.51. The second kappa shape index (κ2) is 6.44. The van der Waals surface area contributed by atoms with E-state index >= 15 is 0 Å². The van der Waals surface area contributed by atoms with E-state index in [0.29, 0.717) is 6.04 Å². The third-order valence-electron chi connectivity index (χ3n) is 3.72. The van der Waals surface area contributed by atoms with Gasteiger partial charge in [0.05, 0.1) is 6.61 Å². The van der Waals surface area contributed by atoms with Crippen LogP contribution in [0.4, 0.5) is 0 Å². The Labute approximate surface area is 124 Å². The van der Waals surface area contributed by atoms with Crippen molar-refractivity contribution in [3.8, 4) is 0 Å². The first kappa shape index (κ1) is 13.7. The SMILES string of the molecule is OCc1ccc(CNC2CCSc3ccccc32)cc1. The van der Waals surface area contributed by atoms with Crippen molar-refractivity contribution >= 4 is 11.8 Å². The number of nitrogens with one attached hydrogen (secondary N) is 1. The van der Waals surface area contributed by atoms with Gasteiger partial charge in [0.15, 0.2) is 0 Å². The van der Waals surface area contributed by atoms with Crippen LogP contribution in [0.3, 0.4) is 0 Å². The summed E-state index contributed by atoms with van der Waals surface area (Å²) in [7, 11) is 0. The van der Waals surface area contributed by atoms with Crippen LogP contribution in [-0.4, -0.2) is 10.9 Å². The van der Waals surface area contributed by atoms with Crippen LogP contribution in [0, 0.1) is 0 Å². The molecule has 20 heavy (non-hydrogen) atoms. The fourth-order valence-electron chi connectivity index (χ4n) is 2.56. The first-order valence-corrected chi connectivity index (χ1v) is 7.99. The maximum absolute atomic E-state index is 9.05. The molecule has 0 spiro atoms. The van der Waals surface area contributed by atoms with Crippen LogP contribution in [0.25, 0.3) is 0 Å². The van der Waals surface area contributed by atoms with E-state index in [2.05, 4.69) is 41.7 Å². The van der Waals surface area contributed by atoms with Crippen molar-refractivity contribution in [1.82, 2.24) is 5.32 Å². The van der Waals surface area contributed by atoms with Gasteiger partial charge in [-0.1, -0.05) is 42.5 Å². The number of aliphatic hydroxyl groups is 1. The normalized spacial score (nSPS) is 17.8. The molecular weight excluding hydrogens is 266 g/mol. The van der Waals surface area contributed by atoms with Gasteiger partial charge >= 0.3 is 0 Å². The molecule has 0 saturated heterocycles. The number of fused-ring (bicyclic) bond motifs is 1. The van der Waals surface area contributed by atoms with Gasteiger partial charge in [0.1, 0.15) is 0 Å². The number of hydrogen-bond acceptors (Lipinski definition) is 3. The Balaban J connectivity index is 1.66. The molecule has 2 N–H and O–H groups in total. The highest BCUT2D eigenvalue weighted by molar-refractivity contribution is 7.99. The van der Waals surface area contributed by atoms with Crippen molar-refractivity contribution in [1.29, 1.82) is 0 Å². The highest BCUT2D eigenvalue weighted by Crippen LogP contribution is 2.35. The van der Waals surface area contributed by atoms with Gasteiger partial charge < -0.3 is 10.4 Å². The molecule has 2 aromatic carbocycles. The maximum Gasteiger partial charge on any atom is 0.0681 e. The van der Waals surface area contributed by atoms with Crippen LogP contribution in [0.15, 0.2) is 53.4 Å². The van der Waals surface area contributed by atoms with E-state index in [1.54, 1.807) is 0 Å². The van der Waals surface area contributed by atoms with Crippen molar-refractivity contribution in [2.45, 2.75) is 30.5 Å². The summed E-state index contributed by atoms with van der Waals surface area (Å²) < 4.78 is 0. The zero-order valence-electron chi connectivity index (χ0n) is 11.4. The van der Waals surface area contributed by atoms with Crippen molar-refractivity contribution in [3.05, 3.63) is 65.2 Å². The lowest BCUT2D eigenvalue weighted by atomic mass is 10.0. The first-order chi connectivity index (χ1) is 9.86. The Bertz CT molecular complexity index is 567. The van der Waals surface area contributed by atoms with Crippen LogP contribution in [0.5, 0.6) is 0 Å². The number of benzene rings is 2. The number of thioether (sulfide) groups is 1. The number of hydrogen-bond donors (Lipinski definition) is 2. The Morgan fingerprint density at radius 3 is 2.60 bits per heavy atom. The van der Waals surface area contributed by atoms with E-state index in [1.165, 1.54) is 28.2 Å². The Morgan fingerprint density at radius 2 is 1.80 bits per heavy atom. The van der Waals surface area contributed by atoms with E-state index < -0.39 is 0 Å². The molecule has 0 aliphatic carbocycles. The molecule has 1 aliphatic rings. The molecule has 0 radical (unpaired) electrons. The third kappa shape index (κ3) is 3.06. The smallest absolute Gasteiger partial charge is 0.0681 e. The fraction of sp³-hybridized carbons (Fsp3) is 0.294. The van der Waals surface area contributed by atoms with Gasteiger partial charge in [-0.05, 0) is 34.9 Å². The summed E-state index contributed by atoms with van der Waals surface area (Å²) in [6.45, 7) is 0.982. The minimum atomic E-state index is 0.112. The monoisotopic (exact) mass is 285 g/mol. The molecule has 1 unspecified atom stereocenters. The molecule has 0 amide bonds. The van der Waals surface area contributed by atoms with E-state index in [-0.39, 0.29) is 6.61 Å². The van der Waals surface area contributed by atoms with Gasteiger partial charge in [-0.15, -0.1) is 11.8 Å². The summed E-state index contributed by atoms with van der Waals surface area (Å²) in [6, 6.07) is 17.3. The largest absolute Gasteiger partial charge is 0.392 e. The van der Waals surface area contributed by atoms with Crippen LogP contribution in [-0.2, 0) is 13.2 Å². The van der Waals surface area contributed by atoms with Crippen LogP contribution >= 0.6 is 11.8 Å². The molecular formula is C17H19NOS. The molecule has 1 heterocycles. The highest BCUT2D eigenvalue weighted by atomic mass is 32.2. The third-order valence-corrected chi connectivity index (χ3v) is 4.84. The average Bonchev–Trinajstić information content (AvgIpc) is 2.53. The van der Waals surface area contributed by atoms with Crippen molar-refractivity contribution in [3.63, 3.8) is 0 Å². The summed E-state index contributed by atoms with van der Waals surface area (Å²) in [4.78, 5) is 1.41. The number of aliphatic hydroxyl groups excluding tert-OH is 1. The fourth-order valence-corrected chi connectivity index (χ4v) is 3.68. The molecule has 1 atom stereocenters. The van der Waals surface area contributed by atoms with Gasteiger partial charge in [-0.3, -0.25) is 0 Å². The molecule has 3 rings (SSSR count). The second-order valence-corrected chi connectivity index (χ2v) is 6.22. The van der Waals surface area contributed by atoms with Crippen molar-refractivity contribution < 1.29 is 5.11 Å². The average molecular weight is 285 g/mol. The maximum atomic E-state index is 9.05. The van der Waals surface area contributed by atoms with E-state index in [1.807, 2.05) is 23.9 Å². The summed E-state index contributed by atoms with van der Waals surface area (Å²) in [5.74, 6) is 1.18.